The smallest absolute Gasteiger partial charge is 0.280 e. The summed E-state index contributed by atoms with van der Waals surface area (Å²) in [5.74, 6) is 1.01. The first-order chi connectivity index (χ1) is 11.9. The topological polar surface area (TPSA) is 69.8 Å². The monoisotopic (exact) mass is 374 g/mol. The van der Waals surface area contributed by atoms with Crippen LogP contribution in [0.4, 0.5) is 0 Å². The van der Waals surface area contributed by atoms with E-state index in [1.807, 2.05) is 0 Å². The molecular formula is C17H15ClN4O2S. The largest absolute Gasteiger partial charge is 0.332 e. The Bertz CT molecular complexity index is 1090. The number of thioether (sulfide) groups is 1. The van der Waals surface area contributed by atoms with Crippen molar-refractivity contribution in [2.75, 3.05) is 5.75 Å². The highest BCUT2D eigenvalue weighted by Crippen LogP contribution is 2.26. The van der Waals surface area contributed by atoms with Crippen molar-refractivity contribution in [1.29, 1.82) is 0 Å². The fraction of sp³-hybridized carbons (Fsp3) is 0.176. The Balaban J connectivity index is 2.38. The summed E-state index contributed by atoms with van der Waals surface area (Å²) in [4.78, 5) is 33.8. The number of benzene rings is 1. The molecule has 0 amide bonds. The highest BCUT2D eigenvalue weighted by molar-refractivity contribution is 7.99. The van der Waals surface area contributed by atoms with Crippen molar-refractivity contribution < 1.29 is 0 Å². The maximum atomic E-state index is 12.6. The van der Waals surface area contributed by atoms with Gasteiger partial charge in [-0.2, -0.15) is 0 Å². The van der Waals surface area contributed by atoms with Crippen molar-refractivity contribution >= 4 is 34.4 Å². The fourth-order valence-corrected chi connectivity index (χ4v) is 3.27. The summed E-state index contributed by atoms with van der Waals surface area (Å²) in [5, 5.41) is 1.45. The minimum atomic E-state index is -0.432. The summed E-state index contributed by atoms with van der Waals surface area (Å²) in [6.07, 6.45) is 1.73. The summed E-state index contributed by atoms with van der Waals surface area (Å²) in [6, 6.07) is 7.07. The normalized spacial score (nSPS) is 11.0. The van der Waals surface area contributed by atoms with E-state index < -0.39 is 11.2 Å². The number of aryl methyl sites for hydroxylation is 1. The van der Waals surface area contributed by atoms with E-state index in [1.54, 1.807) is 37.4 Å². The van der Waals surface area contributed by atoms with Gasteiger partial charge in [0.1, 0.15) is 10.4 Å². The molecule has 0 fully saturated rings. The number of hydrogen-bond acceptors (Lipinski definition) is 5. The number of aromatic nitrogens is 4. The van der Waals surface area contributed by atoms with E-state index >= 15 is 0 Å². The molecule has 0 saturated heterocycles. The van der Waals surface area contributed by atoms with Crippen LogP contribution in [0.3, 0.4) is 0 Å². The average Bonchev–Trinajstić information content (AvgIpc) is 2.62. The van der Waals surface area contributed by atoms with E-state index in [4.69, 9.17) is 11.6 Å². The third-order valence-electron chi connectivity index (χ3n) is 3.71. The Labute approximate surface area is 152 Å². The second-order valence-electron chi connectivity index (χ2n) is 5.36. The van der Waals surface area contributed by atoms with Crippen LogP contribution in [-0.2, 0) is 14.1 Å². The van der Waals surface area contributed by atoms with E-state index in [1.165, 1.54) is 23.4 Å². The summed E-state index contributed by atoms with van der Waals surface area (Å²) >= 11 is 7.31. The molecule has 25 heavy (non-hydrogen) atoms. The summed E-state index contributed by atoms with van der Waals surface area (Å²) < 4.78 is 2.42. The maximum absolute atomic E-state index is 12.6. The van der Waals surface area contributed by atoms with Crippen LogP contribution in [-0.4, -0.2) is 24.9 Å². The first-order valence-corrected chi connectivity index (χ1v) is 8.77. The number of hydrogen-bond donors (Lipinski definition) is 0. The summed E-state index contributed by atoms with van der Waals surface area (Å²) in [6.45, 7) is 3.70. The Morgan fingerprint density at radius 3 is 2.48 bits per heavy atom. The molecule has 0 N–H and O–H groups in total. The molecule has 1 aromatic carbocycles. The van der Waals surface area contributed by atoms with Gasteiger partial charge in [0.05, 0.1) is 0 Å². The Morgan fingerprint density at radius 2 is 1.84 bits per heavy atom. The van der Waals surface area contributed by atoms with Crippen LogP contribution in [0.25, 0.3) is 22.4 Å². The first kappa shape index (κ1) is 17.4. The minimum absolute atomic E-state index is 0.305. The average molecular weight is 375 g/mol. The van der Waals surface area contributed by atoms with Gasteiger partial charge >= 0.3 is 5.69 Å². The van der Waals surface area contributed by atoms with Crippen molar-refractivity contribution in [2.24, 2.45) is 14.1 Å². The number of nitrogens with zero attached hydrogens (tertiary/aromatic N) is 4. The van der Waals surface area contributed by atoms with E-state index in [-0.39, 0.29) is 0 Å². The molecule has 3 aromatic rings. The molecular weight excluding hydrogens is 360 g/mol. The molecule has 0 aliphatic heterocycles. The molecule has 0 unspecified atom stereocenters. The van der Waals surface area contributed by atoms with Crippen LogP contribution in [0.5, 0.6) is 0 Å². The maximum Gasteiger partial charge on any atom is 0.332 e. The lowest BCUT2D eigenvalue weighted by molar-refractivity contribution is 0.703. The predicted molar refractivity (Wildman–Crippen MR) is 101 cm³/mol. The SMILES string of the molecule is C=CCSc1nc(-c2ccc(Cl)cc2)nc2c1c(=O)n(C)c(=O)n2C. The van der Waals surface area contributed by atoms with Crippen molar-refractivity contribution in [1.82, 2.24) is 19.1 Å². The zero-order valence-electron chi connectivity index (χ0n) is 13.7. The lowest BCUT2D eigenvalue weighted by Gasteiger charge is -2.11. The van der Waals surface area contributed by atoms with E-state index in [2.05, 4.69) is 16.5 Å². The third-order valence-corrected chi connectivity index (χ3v) is 4.93. The molecule has 0 spiro atoms. The van der Waals surface area contributed by atoms with Gasteiger partial charge in [-0.3, -0.25) is 13.9 Å². The summed E-state index contributed by atoms with van der Waals surface area (Å²) in [7, 11) is 3.03. The molecule has 0 radical (unpaired) electrons. The number of halogens is 1. The molecule has 2 aromatic heterocycles. The quantitative estimate of drug-likeness (QED) is 0.399. The van der Waals surface area contributed by atoms with Gasteiger partial charge in [0.15, 0.2) is 11.5 Å². The van der Waals surface area contributed by atoms with E-state index in [0.717, 1.165) is 10.1 Å². The van der Waals surface area contributed by atoms with Crippen LogP contribution in [0.1, 0.15) is 0 Å². The Hall–Kier alpha value is -2.38. The van der Waals surface area contributed by atoms with Gasteiger partial charge in [0.25, 0.3) is 5.56 Å². The van der Waals surface area contributed by atoms with E-state index in [0.29, 0.717) is 32.7 Å². The molecule has 0 bridgehead atoms. The molecule has 2 heterocycles. The third kappa shape index (κ3) is 3.12. The van der Waals surface area contributed by atoms with Gasteiger partial charge in [0, 0.05) is 30.4 Å². The molecule has 0 aliphatic carbocycles. The molecule has 6 nitrogen and oxygen atoms in total. The Kier molecular flexibility index (Phi) is 4.78. The number of rotatable bonds is 4. The van der Waals surface area contributed by atoms with Crippen LogP contribution in [0, 0.1) is 0 Å². The molecule has 0 saturated carbocycles. The van der Waals surface area contributed by atoms with Crippen molar-refractivity contribution in [2.45, 2.75) is 5.03 Å². The standard InChI is InChI=1S/C17H15ClN4O2S/c1-4-9-25-15-12-14(21(2)17(24)22(3)16(12)23)19-13(20-15)10-5-7-11(18)8-6-10/h4-8H,1,9H2,2-3H3. The predicted octanol–water partition coefficient (Wildman–Crippen LogP) is 2.63. The fourth-order valence-electron chi connectivity index (χ4n) is 2.40. The Morgan fingerprint density at radius 1 is 1.16 bits per heavy atom. The molecule has 3 rings (SSSR count). The van der Waals surface area contributed by atoms with Gasteiger partial charge in [-0.1, -0.05) is 17.7 Å². The van der Waals surface area contributed by atoms with Crippen molar-refractivity contribution in [3.05, 3.63) is 62.8 Å². The summed E-state index contributed by atoms with van der Waals surface area (Å²) in [5.41, 5.74) is 0.213. The van der Waals surface area contributed by atoms with Crippen LogP contribution in [0.2, 0.25) is 5.02 Å². The van der Waals surface area contributed by atoms with Gasteiger partial charge in [-0.25, -0.2) is 14.8 Å². The van der Waals surface area contributed by atoms with Gasteiger partial charge in [0.2, 0.25) is 0 Å². The van der Waals surface area contributed by atoms with Gasteiger partial charge < -0.3 is 0 Å². The zero-order valence-corrected chi connectivity index (χ0v) is 15.3. The van der Waals surface area contributed by atoms with Gasteiger partial charge in [-0.05, 0) is 24.3 Å². The molecule has 128 valence electrons. The van der Waals surface area contributed by atoms with Crippen LogP contribution in [0.15, 0.2) is 51.5 Å². The molecule has 0 aliphatic rings. The van der Waals surface area contributed by atoms with Crippen molar-refractivity contribution in [3.63, 3.8) is 0 Å². The zero-order chi connectivity index (χ0) is 18.1. The van der Waals surface area contributed by atoms with Crippen LogP contribution < -0.4 is 11.2 Å². The second-order valence-corrected chi connectivity index (χ2v) is 6.81. The van der Waals surface area contributed by atoms with E-state index in [9.17, 15) is 9.59 Å². The first-order valence-electron chi connectivity index (χ1n) is 7.41. The lowest BCUT2D eigenvalue weighted by atomic mass is 10.2. The highest BCUT2D eigenvalue weighted by Gasteiger charge is 2.17. The molecule has 8 heteroatoms. The highest BCUT2D eigenvalue weighted by atomic mass is 35.5. The number of fused-ring (bicyclic) bond motifs is 1. The van der Waals surface area contributed by atoms with Crippen molar-refractivity contribution in [3.8, 4) is 11.4 Å². The lowest BCUT2D eigenvalue weighted by Crippen LogP contribution is -2.37. The molecule has 0 atom stereocenters. The minimum Gasteiger partial charge on any atom is -0.280 e. The van der Waals surface area contributed by atoms with Gasteiger partial charge in [-0.15, -0.1) is 18.3 Å². The van der Waals surface area contributed by atoms with Crippen LogP contribution >= 0.6 is 23.4 Å². The second kappa shape index (κ2) is 6.85.